The van der Waals surface area contributed by atoms with Gasteiger partial charge in [0.2, 0.25) is 0 Å². The minimum atomic E-state index is 0.485. The van der Waals surface area contributed by atoms with E-state index in [9.17, 15) is 0 Å². The SMILES string of the molecule is CCN(CC1CCCO1)C1CCCC1CN. The van der Waals surface area contributed by atoms with Crippen molar-refractivity contribution in [2.24, 2.45) is 11.7 Å². The summed E-state index contributed by atoms with van der Waals surface area (Å²) < 4.78 is 5.74. The molecule has 2 fully saturated rings. The summed E-state index contributed by atoms with van der Waals surface area (Å²) in [5.41, 5.74) is 5.87. The minimum Gasteiger partial charge on any atom is -0.377 e. The highest BCUT2D eigenvalue weighted by molar-refractivity contribution is 4.87. The molecule has 3 nitrogen and oxygen atoms in total. The summed E-state index contributed by atoms with van der Waals surface area (Å²) in [6.45, 7) is 6.35. The van der Waals surface area contributed by atoms with Crippen LogP contribution in [0.25, 0.3) is 0 Å². The van der Waals surface area contributed by atoms with Crippen molar-refractivity contribution in [1.82, 2.24) is 4.90 Å². The summed E-state index contributed by atoms with van der Waals surface area (Å²) in [5, 5.41) is 0. The van der Waals surface area contributed by atoms with Crippen molar-refractivity contribution in [3.63, 3.8) is 0 Å². The first-order valence-electron chi connectivity index (χ1n) is 6.90. The largest absolute Gasteiger partial charge is 0.377 e. The van der Waals surface area contributed by atoms with Crippen molar-refractivity contribution in [2.75, 3.05) is 26.2 Å². The van der Waals surface area contributed by atoms with Gasteiger partial charge in [-0.2, -0.15) is 0 Å². The van der Waals surface area contributed by atoms with E-state index in [0.717, 1.165) is 38.2 Å². The molecule has 1 heterocycles. The van der Waals surface area contributed by atoms with Gasteiger partial charge in [0.15, 0.2) is 0 Å². The Balaban J connectivity index is 1.87. The highest BCUT2D eigenvalue weighted by Gasteiger charge is 2.32. The van der Waals surface area contributed by atoms with E-state index in [2.05, 4.69) is 11.8 Å². The first kappa shape index (κ1) is 12.3. The first-order valence-corrected chi connectivity index (χ1v) is 6.90. The summed E-state index contributed by atoms with van der Waals surface area (Å²) >= 11 is 0. The third kappa shape index (κ3) is 2.76. The molecule has 0 radical (unpaired) electrons. The van der Waals surface area contributed by atoms with Gasteiger partial charge in [-0.05, 0) is 44.7 Å². The fraction of sp³-hybridized carbons (Fsp3) is 1.00. The number of likely N-dealkylation sites (N-methyl/N-ethyl adjacent to an activating group) is 1. The fourth-order valence-corrected chi connectivity index (χ4v) is 3.32. The van der Waals surface area contributed by atoms with Gasteiger partial charge >= 0.3 is 0 Å². The number of nitrogens with zero attached hydrogens (tertiary/aromatic N) is 1. The van der Waals surface area contributed by atoms with Gasteiger partial charge in [0.1, 0.15) is 0 Å². The van der Waals surface area contributed by atoms with Crippen LogP contribution in [0.3, 0.4) is 0 Å². The highest BCUT2D eigenvalue weighted by Crippen LogP contribution is 2.30. The Bertz CT molecular complexity index is 204. The first-order chi connectivity index (χ1) is 7.85. The Labute approximate surface area is 99.3 Å². The normalized spacial score (nSPS) is 35.1. The predicted molar refractivity (Wildman–Crippen MR) is 66.4 cm³/mol. The van der Waals surface area contributed by atoms with Crippen LogP contribution in [0, 0.1) is 5.92 Å². The van der Waals surface area contributed by atoms with Gasteiger partial charge in [-0.15, -0.1) is 0 Å². The molecule has 3 unspecified atom stereocenters. The highest BCUT2D eigenvalue weighted by atomic mass is 16.5. The maximum absolute atomic E-state index is 5.87. The molecule has 1 saturated carbocycles. The zero-order valence-corrected chi connectivity index (χ0v) is 10.5. The van der Waals surface area contributed by atoms with Gasteiger partial charge in [0, 0.05) is 19.2 Å². The molecule has 0 spiro atoms. The lowest BCUT2D eigenvalue weighted by molar-refractivity contribution is 0.0518. The van der Waals surface area contributed by atoms with Crippen LogP contribution < -0.4 is 5.73 Å². The quantitative estimate of drug-likeness (QED) is 0.774. The molecule has 1 saturated heterocycles. The van der Waals surface area contributed by atoms with Gasteiger partial charge in [-0.25, -0.2) is 0 Å². The van der Waals surface area contributed by atoms with Gasteiger partial charge in [-0.1, -0.05) is 13.3 Å². The molecule has 2 aliphatic rings. The monoisotopic (exact) mass is 226 g/mol. The zero-order chi connectivity index (χ0) is 11.4. The zero-order valence-electron chi connectivity index (χ0n) is 10.5. The Morgan fingerprint density at radius 1 is 1.25 bits per heavy atom. The lowest BCUT2D eigenvalue weighted by Gasteiger charge is -2.33. The van der Waals surface area contributed by atoms with E-state index in [1.807, 2.05) is 0 Å². The van der Waals surface area contributed by atoms with Gasteiger partial charge in [-0.3, -0.25) is 4.90 Å². The number of hydrogen-bond donors (Lipinski definition) is 1. The topological polar surface area (TPSA) is 38.5 Å². The van der Waals surface area contributed by atoms with E-state index >= 15 is 0 Å². The van der Waals surface area contributed by atoms with E-state index in [1.54, 1.807) is 0 Å². The summed E-state index contributed by atoms with van der Waals surface area (Å²) in [6, 6.07) is 0.721. The van der Waals surface area contributed by atoms with Crippen LogP contribution >= 0.6 is 0 Å². The van der Waals surface area contributed by atoms with Crippen LogP contribution in [-0.4, -0.2) is 43.3 Å². The number of ether oxygens (including phenoxy) is 1. The molecule has 2 N–H and O–H groups in total. The molecule has 3 atom stereocenters. The maximum Gasteiger partial charge on any atom is 0.0702 e. The molecule has 0 aromatic rings. The number of rotatable bonds is 5. The molecule has 2 rings (SSSR count). The molecule has 94 valence electrons. The smallest absolute Gasteiger partial charge is 0.0702 e. The van der Waals surface area contributed by atoms with Crippen LogP contribution in [0.15, 0.2) is 0 Å². The Morgan fingerprint density at radius 3 is 2.75 bits per heavy atom. The average Bonchev–Trinajstić information content (AvgIpc) is 2.96. The Hall–Kier alpha value is -0.120. The molecular formula is C13H26N2O. The molecule has 1 aliphatic carbocycles. The van der Waals surface area contributed by atoms with Crippen LogP contribution in [0.5, 0.6) is 0 Å². The van der Waals surface area contributed by atoms with Crippen LogP contribution in [0.2, 0.25) is 0 Å². The Morgan fingerprint density at radius 2 is 2.12 bits per heavy atom. The standard InChI is InChI=1S/C13H26N2O/c1-2-15(10-12-6-4-8-16-12)13-7-3-5-11(13)9-14/h11-13H,2-10,14H2,1H3. The van der Waals surface area contributed by atoms with E-state index in [0.29, 0.717) is 6.10 Å². The second-order valence-electron chi connectivity index (χ2n) is 5.22. The third-order valence-corrected chi connectivity index (χ3v) is 4.26. The summed E-state index contributed by atoms with van der Waals surface area (Å²) in [5.74, 6) is 0.723. The number of nitrogens with two attached hydrogens (primary N) is 1. The fourth-order valence-electron chi connectivity index (χ4n) is 3.32. The van der Waals surface area contributed by atoms with E-state index < -0.39 is 0 Å². The van der Waals surface area contributed by atoms with Crippen LogP contribution in [-0.2, 0) is 4.74 Å². The summed E-state index contributed by atoms with van der Waals surface area (Å²) in [6.07, 6.45) is 6.99. The van der Waals surface area contributed by atoms with Crippen molar-refractivity contribution in [3.8, 4) is 0 Å². The Kier molecular flexibility index (Phi) is 4.62. The van der Waals surface area contributed by atoms with Gasteiger partial charge in [0.05, 0.1) is 6.10 Å². The van der Waals surface area contributed by atoms with Crippen molar-refractivity contribution >= 4 is 0 Å². The van der Waals surface area contributed by atoms with Crippen LogP contribution in [0.4, 0.5) is 0 Å². The molecule has 0 aromatic heterocycles. The summed E-state index contributed by atoms with van der Waals surface area (Å²) in [7, 11) is 0. The molecule has 0 bridgehead atoms. The van der Waals surface area contributed by atoms with Crippen LogP contribution in [0.1, 0.15) is 39.0 Å². The average molecular weight is 226 g/mol. The van der Waals surface area contributed by atoms with E-state index in [1.165, 1.54) is 32.1 Å². The second kappa shape index (κ2) is 5.99. The second-order valence-corrected chi connectivity index (χ2v) is 5.22. The van der Waals surface area contributed by atoms with Crippen molar-refractivity contribution in [1.29, 1.82) is 0 Å². The number of hydrogen-bond acceptors (Lipinski definition) is 3. The lowest BCUT2D eigenvalue weighted by Crippen LogP contribution is -2.43. The lowest BCUT2D eigenvalue weighted by atomic mass is 10.0. The molecule has 1 aliphatic heterocycles. The maximum atomic E-state index is 5.87. The molecular weight excluding hydrogens is 200 g/mol. The minimum absolute atomic E-state index is 0.485. The van der Waals surface area contributed by atoms with E-state index in [4.69, 9.17) is 10.5 Å². The van der Waals surface area contributed by atoms with Gasteiger partial charge in [0.25, 0.3) is 0 Å². The van der Waals surface area contributed by atoms with Gasteiger partial charge < -0.3 is 10.5 Å². The molecule has 16 heavy (non-hydrogen) atoms. The molecule has 0 amide bonds. The van der Waals surface area contributed by atoms with Crippen molar-refractivity contribution in [3.05, 3.63) is 0 Å². The molecule has 3 heteroatoms. The van der Waals surface area contributed by atoms with Crippen molar-refractivity contribution in [2.45, 2.75) is 51.2 Å². The van der Waals surface area contributed by atoms with E-state index in [-0.39, 0.29) is 0 Å². The van der Waals surface area contributed by atoms with Crippen molar-refractivity contribution < 1.29 is 4.74 Å². The third-order valence-electron chi connectivity index (χ3n) is 4.26. The summed E-state index contributed by atoms with van der Waals surface area (Å²) in [4.78, 5) is 2.61. The predicted octanol–water partition coefficient (Wildman–Crippen LogP) is 1.61. The molecule has 0 aromatic carbocycles.